The third-order valence-electron chi connectivity index (χ3n) is 3.81. The standard InChI is InChI=1S/C17H21NO4/c1-3-4-9-22-12(2)16(19)18-8-7-13-5-6-14(17(20)21)10-15(13)11-18/h3,5-6,10,12H,1,4,7-9,11H2,2H3,(H,20,21). The fraction of sp³-hybridized carbons (Fsp3) is 0.412. The summed E-state index contributed by atoms with van der Waals surface area (Å²) in [6, 6.07) is 5.10. The van der Waals surface area contributed by atoms with E-state index in [0.717, 1.165) is 17.5 Å². The van der Waals surface area contributed by atoms with Crippen LogP contribution in [-0.4, -0.2) is 41.1 Å². The normalized spacial score (nSPS) is 15.0. The Balaban J connectivity index is 2.04. The number of carboxylic acids is 1. The molecule has 5 heteroatoms. The van der Waals surface area contributed by atoms with Crippen molar-refractivity contribution in [3.05, 3.63) is 47.5 Å². The molecule has 0 aliphatic carbocycles. The van der Waals surface area contributed by atoms with Gasteiger partial charge in [-0.1, -0.05) is 12.1 Å². The molecule has 0 radical (unpaired) electrons. The molecule has 1 amide bonds. The monoisotopic (exact) mass is 303 g/mol. The van der Waals surface area contributed by atoms with Crippen molar-refractivity contribution in [2.75, 3.05) is 13.2 Å². The number of hydrogen-bond donors (Lipinski definition) is 1. The fourth-order valence-electron chi connectivity index (χ4n) is 2.53. The third kappa shape index (κ3) is 3.74. The van der Waals surface area contributed by atoms with Crippen molar-refractivity contribution in [3.8, 4) is 0 Å². The molecule has 1 N–H and O–H groups in total. The Labute approximate surface area is 130 Å². The van der Waals surface area contributed by atoms with Gasteiger partial charge in [0.25, 0.3) is 5.91 Å². The molecule has 1 atom stereocenters. The van der Waals surface area contributed by atoms with E-state index in [2.05, 4.69) is 6.58 Å². The zero-order valence-corrected chi connectivity index (χ0v) is 12.7. The van der Waals surface area contributed by atoms with E-state index in [4.69, 9.17) is 9.84 Å². The molecule has 0 aromatic heterocycles. The molecular formula is C17H21NO4. The third-order valence-corrected chi connectivity index (χ3v) is 3.81. The number of amides is 1. The van der Waals surface area contributed by atoms with Crippen LogP contribution in [0.4, 0.5) is 0 Å². The molecule has 1 unspecified atom stereocenters. The van der Waals surface area contributed by atoms with Crippen molar-refractivity contribution in [2.24, 2.45) is 0 Å². The van der Waals surface area contributed by atoms with Crippen molar-refractivity contribution in [2.45, 2.75) is 32.4 Å². The number of aromatic carboxylic acids is 1. The van der Waals surface area contributed by atoms with E-state index in [9.17, 15) is 9.59 Å². The van der Waals surface area contributed by atoms with Gasteiger partial charge in [-0.2, -0.15) is 0 Å². The van der Waals surface area contributed by atoms with Crippen LogP contribution in [0, 0.1) is 0 Å². The second kappa shape index (κ2) is 7.22. The zero-order valence-electron chi connectivity index (χ0n) is 12.7. The first-order chi connectivity index (χ1) is 10.5. The number of carboxylic acid groups (broad SMARTS) is 1. The summed E-state index contributed by atoms with van der Waals surface area (Å²) in [6.07, 6.45) is 2.70. The molecule has 2 rings (SSSR count). The smallest absolute Gasteiger partial charge is 0.335 e. The highest BCUT2D eigenvalue weighted by Crippen LogP contribution is 2.21. The first-order valence-electron chi connectivity index (χ1n) is 7.39. The number of ether oxygens (including phenoxy) is 1. The SMILES string of the molecule is C=CCCOC(C)C(=O)N1CCc2ccc(C(=O)O)cc2C1. The van der Waals surface area contributed by atoms with Gasteiger partial charge in [-0.05, 0) is 43.0 Å². The summed E-state index contributed by atoms with van der Waals surface area (Å²) in [5.74, 6) is -1.01. The molecule has 5 nitrogen and oxygen atoms in total. The van der Waals surface area contributed by atoms with E-state index in [0.29, 0.717) is 26.1 Å². The Morgan fingerprint density at radius 2 is 2.23 bits per heavy atom. The van der Waals surface area contributed by atoms with Crippen LogP contribution in [-0.2, 0) is 22.5 Å². The lowest BCUT2D eigenvalue weighted by atomic mass is 9.97. The van der Waals surface area contributed by atoms with Crippen molar-refractivity contribution < 1.29 is 19.4 Å². The zero-order chi connectivity index (χ0) is 16.1. The number of benzene rings is 1. The minimum atomic E-state index is -0.952. The van der Waals surface area contributed by atoms with E-state index in [1.54, 1.807) is 30.0 Å². The van der Waals surface area contributed by atoms with Crippen molar-refractivity contribution in [1.29, 1.82) is 0 Å². The average molecular weight is 303 g/mol. The van der Waals surface area contributed by atoms with Gasteiger partial charge >= 0.3 is 5.97 Å². The number of nitrogens with zero attached hydrogens (tertiary/aromatic N) is 1. The van der Waals surface area contributed by atoms with Gasteiger partial charge in [0.15, 0.2) is 0 Å². The van der Waals surface area contributed by atoms with Gasteiger partial charge in [-0.25, -0.2) is 4.79 Å². The van der Waals surface area contributed by atoms with E-state index >= 15 is 0 Å². The fourth-order valence-corrected chi connectivity index (χ4v) is 2.53. The Kier molecular flexibility index (Phi) is 5.33. The Morgan fingerprint density at radius 1 is 1.45 bits per heavy atom. The molecular weight excluding hydrogens is 282 g/mol. The summed E-state index contributed by atoms with van der Waals surface area (Å²) in [4.78, 5) is 25.2. The lowest BCUT2D eigenvalue weighted by molar-refractivity contribution is -0.143. The largest absolute Gasteiger partial charge is 0.478 e. The van der Waals surface area contributed by atoms with Crippen LogP contribution in [0.15, 0.2) is 30.9 Å². The van der Waals surface area contributed by atoms with Crippen LogP contribution in [0.3, 0.4) is 0 Å². The van der Waals surface area contributed by atoms with E-state index in [1.165, 1.54) is 0 Å². The molecule has 0 bridgehead atoms. The van der Waals surface area contributed by atoms with Gasteiger partial charge in [-0.15, -0.1) is 6.58 Å². The molecule has 1 aliphatic rings. The molecule has 1 aliphatic heterocycles. The summed E-state index contributed by atoms with van der Waals surface area (Å²) in [5.41, 5.74) is 2.26. The lowest BCUT2D eigenvalue weighted by Gasteiger charge is -2.31. The summed E-state index contributed by atoms with van der Waals surface area (Å²) < 4.78 is 5.49. The predicted molar refractivity (Wildman–Crippen MR) is 82.8 cm³/mol. The molecule has 118 valence electrons. The van der Waals surface area contributed by atoms with Crippen LogP contribution >= 0.6 is 0 Å². The summed E-state index contributed by atoms with van der Waals surface area (Å²) in [6.45, 7) is 6.90. The number of fused-ring (bicyclic) bond motifs is 1. The van der Waals surface area contributed by atoms with Crippen LogP contribution in [0.2, 0.25) is 0 Å². The highest BCUT2D eigenvalue weighted by Gasteiger charge is 2.25. The molecule has 0 saturated carbocycles. The number of carbonyl (C=O) groups excluding carboxylic acids is 1. The Morgan fingerprint density at radius 3 is 2.91 bits per heavy atom. The number of rotatable bonds is 6. The van der Waals surface area contributed by atoms with Gasteiger partial charge in [0.1, 0.15) is 6.10 Å². The molecule has 1 aromatic carbocycles. The molecule has 22 heavy (non-hydrogen) atoms. The predicted octanol–water partition coefficient (Wildman–Crippen LogP) is 2.25. The number of hydrogen-bond acceptors (Lipinski definition) is 3. The van der Waals surface area contributed by atoms with Crippen LogP contribution < -0.4 is 0 Å². The highest BCUT2D eigenvalue weighted by atomic mass is 16.5. The molecule has 1 heterocycles. The Bertz CT molecular complexity index is 582. The van der Waals surface area contributed by atoms with Crippen LogP contribution in [0.5, 0.6) is 0 Å². The summed E-state index contributed by atoms with van der Waals surface area (Å²) in [5, 5.41) is 9.06. The van der Waals surface area contributed by atoms with Crippen molar-refractivity contribution in [1.82, 2.24) is 4.90 Å². The first kappa shape index (κ1) is 16.2. The topological polar surface area (TPSA) is 66.8 Å². The quantitative estimate of drug-likeness (QED) is 0.646. The van der Waals surface area contributed by atoms with Crippen molar-refractivity contribution in [3.63, 3.8) is 0 Å². The minimum absolute atomic E-state index is 0.0598. The van der Waals surface area contributed by atoms with Crippen molar-refractivity contribution >= 4 is 11.9 Å². The Hall–Kier alpha value is -2.14. The van der Waals surface area contributed by atoms with Crippen LogP contribution in [0.25, 0.3) is 0 Å². The second-order valence-electron chi connectivity index (χ2n) is 5.39. The first-order valence-corrected chi connectivity index (χ1v) is 7.39. The maximum Gasteiger partial charge on any atom is 0.335 e. The van der Waals surface area contributed by atoms with E-state index in [1.807, 2.05) is 6.07 Å². The van der Waals surface area contributed by atoms with Gasteiger partial charge < -0.3 is 14.7 Å². The number of carbonyl (C=O) groups is 2. The summed E-state index contributed by atoms with van der Waals surface area (Å²) >= 11 is 0. The molecule has 0 spiro atoms. The minimum Gasteiger partial charge on any atom is -0.478 e. The highest BCUT2D eigenvalue weighted by molar-refractivity contribution is 5.88. The van der Waals surface area contributed by atoms with Gasteiger partial charge in [0.05, 0.1) is 12.2 Å². The van der Waals surface area contributed by atoms with Gasteiger partial charge in [0, 0.05) is 13.1 Å². The second-order valence-corrected chi connectivity index (χ2v) is 5.39. The van der Waals surface area contributed by atoms with Gasteiger partial charge in [-0.3, -0.25) is 4.79 Å². The molecule has 0 fully saturated rings. The average Bonchev–Trinajstić information content (AvgIpc) is 2.53. The molecule has 0 saturated heterocycles. The van der Waals surface area contributed by atoms with E-state index < -0.39 is 12.1 Å². The summed E-state index contributed by atoms with van der Waals surface area (Å²) in [7, 11) is 0. The maximum atomic E-state index is 12.4. The molecule has 1 aromatic rings. The van der Waals surface area contributed by atoms with Gasteiger partial charge in [0.2, 0.25) is 0 Å². The van der Waals surface area contributed by atoms with E-state index in [-0.39, 0.29) is 11.5 Å². The van der Waals surface area contributed by atoms with Crippen LogP contribution in [0.1, 0.15) is 34.8 Å². The maximum absolute atomic E-state index is 12.4. The lowest BCUT2D eigenvalue weighted by Crippen LogP contribution is -2.42.